The van der Waals surface area contributed by atoms with Gasteiger partial charge >= 0.3 is 6.03 Å². The molecule has 13 heavy (non-hydrogen) atoms. The number of hydrogen-bond donors (Lipinski definition) is 0. The van der Waals surface area contributed by atoms with E-state index in [0.29, 0.717) is 0 Å². The van der Waals surface area contributed by atoms with E-state index in [0.717, 1.165) is 25.9 Å². The molecule has 0 saturated carbocycles. The van der Waals surface area contributed by atoms with Crippen LogP contribution in [0.25, 0.3) is 0 Å². The van der Waals surface area contributed by atoms with Gasteiger partial charge in [-0.1, -0.05) is 0 Å². The summed E-state index contributed by atoms with van der Waals surface area (Å²) in [5.74, 6) is 0. The Kier molecular flexibility index (Phi) is 2.34. The van der Waals surface area contributed by atoms with Crippen molar-refractivity contribution < 1.29 is 4.79 Å². The molecule has 1 saturated heterocycles. The summed E-state index contributed by atoms with van der Waals surface area (Å²) in [6, 6.07) is 3.87. The molecule has 0 N–H and O–H groups in total. The first-order valence-corrected chi connectivity index (χ1v) is 4.80. The third kappa shape index (κ3) is 1.74. The van der Waals surface area contributed by atoms with E-state index in [2.05, 4.69) is 0 Å². The van der Waals surface area contributed by atoms with E-state index in [1.165, 1.54) is 6.42 Å². The van der Waals surface area contributed by atoms with Crippen molar-refractivity contribution in [1.29, 1.82) is 0 Å². The molecule has 70 valence electrons. The molecule has 2 rings (SSSR count). The fraction of sp³-hybridized carbons (Fsp3) is 0.500. The zero-order chi connectivity index (χ0) is 9.10. The molecule has 0 atom stereocenters. The minimum Gasteiger partial charge on any atom is -0.324 e. The number of likely N-dealkylation sites (tertiary alicyclic amines) is 1. The van der Waals surface area contributed by atoms with Crippen LogP contribution in [0.5, 0.6) is 0 Å². The number of carbonyl (C=O) groups excluding carboxylic acids is 1. The molecule has 1 amide bonds. The van der Waals surface area contributed by atoms with E-state index < -0.39 is 0 Å². The van der Waals surface area contributed by atoms with Gasteiger partial charge in [0.15, 0.2) is 0 Å². The SMILES string of the molecule is O=C(N1CCCCC1)n1cccc1. The second-order valence-electron chi connectivity index (χ2n) is 3.42. The Morgan fingerprint density at radius 2 is 1.62 bits per heavy atom. The fourth-order valence-electron chi connectivity index (χ4n) is 1.71. The zero-order valence-electron chi connectivity index (χ0n) is 7.65. The van der Waals surface area contributed by atoms with Crippen molar-refractivity contribution in [3.8, 4) is 0 Å². The third-order valence-corrected chi connectivity index (χ3v) is 2.45. The van der Waals surface area contributed by atoms with Crippen molar-refractivity contribution in [3.63, 3.8) is 0 Å². The number of hydrogen-bond acceptors (Lipinski definition) is 1. The summed E-state index contributed by atoms with van der Waals surface area (Å²) in [5.41, 5.74) is 0. The Balaban J connectivity index is 2.04. The molecule has 2 heterocycles. The normalized spacial score (nSPS) is 17.4. The van der Waals surface area contributed by atoms with Crippen molar-refractivity contribution in [2.24, 2.45) is 0 Å². The van der Waals surface area contributed by atoms with Crippen LogP contribution in [0.1, 0.15) is 19.3 Å². The summed E-state index contributed by atoms with van der Waals surface area (Å²) in [6.45, 7) is 1.83. The molecular formula is C10H14N2O. The van der Waals surface area contributed by atoms with Gasteiger partial charge in [-0.3, -0.25) is 4.57 Å². The first-order chi connectivity index (χ1) is 6.38. The van der Waals surface area contributed by atoms with Crippen molar-refractivity contribution in [3.05, 3.63) is 24.5 Å². The molecule has 0 radical (unpaired) electrons. The van der Waals surface area contributed by atoms with E-state index >= 15 is 0 Å². The molecule has 0 bridgehead atoms. The maximum absolute atomic E-state index is 11.7. The molecule has 3 nitrogen and oxygen atoms in total. The van der Waals surface area contributed by atoms with Gasteiger partial charge in [-0.2, -0.15) is 0 Å². The molecule has 1 fully saturated rings. The predicted molar refractivity (Wildman–Crippen MR) is 50.7 cm³/mol. The van der Waals surface area contributed by atoms with Gasteiger partial charge in [-0.25, -0.2) is 4.79 Å². The highest BCUT2D eigenvalue weighted by Gasteiger charge is 2.16. The summed E-state index contributed by atoms with van der Waals surface area (Å²) >= 11 is 0. The summed E-state index contributed by atoms with van der Waals surface area (Å²) in [4.78, 5) is 13.7. The number of nitrogens with zero attached hydrogens (tertiary/aromatic N) is 2. The van der Waals surface area contributed by atoms with Gasteiger partial charge in [0.25, 0.3) is 0 Å². The molecule has 1 aromatic heterocycles. The Bertz CT molecular complexity index is 273. The van der Waals surface area contributed by atoms with Gasteiger partial charge in [0.2, 0.25) is 0 Å². The molecule has 1 aliphatic heterocycles. The molecular weight excluding hydrogens is 164 g/mol. The lowest BCUT2D eigenvalue weighted by Crippen LogP contribution is -2.37. The van der Waals surface area contributed by atoms with Gasteiger partial charge < -0.3 is 4.90 Å². The number of piperidine rings is 1. The number of amides is 1. The lowest BCUT2D eigenvalue weighted by atomic mass is 10.1. The Hall–Kier alpha value is -1.25. The second kappa shape index (κ2) is 3.64. The standard InChI is InChI=1S/C10H14N2O/c13-10(12-8-4-5-9-12)11-6-2-1-3-7-11/h4-5,8-9H,1-3,6-7H2. The smallest absolute Gasteiger partial charge is 0.324 e. The van der Waals surface area contributed by atoms with E-state index in [-0.39, 0.29) is 6.03 Å². The highest BCUT2D eigenvalue weighted by Crippen LogP contribution is 2.10. The van der Waals surface area contributed by atoms with Crippen LogP contribution in [0.2, 0.25) is 0 Å². The van der Waals surface area contributed by atoms with Gasteiger partial charge in [0.1, 0.15) is 0 Å². The van der Waals surface area contributed by atoms with E-state index in [1.54, 1.807) is 17.0 Å². The topological polar surface area (TPSA) is 25.2 Å². The molecule has 0 spiro atoms. The number of rotatable bonds is 0. The average molecular weight is 178 g/mol. The fourth-order valence-corrected chi connectivity index (χ4v) is 1.71. The summed E-state index contributed by atoms with van der Waals surface area (Å²) in [7, 11) is 0. The van der Waals surface area contributed by atoms with Crippen molar-refractivity contribution in [1.82, 2.24) is 9.47 Å². The zero-order valence-corrected chi connectivity index (χ0v) is 7.65. The van der Waals surface area contributed by atoms with Gasteiger partial charge in [-0.15, -0.1) is 0 Å². The quantitative estimate of drug-likeness (QED) is 0.596. The molecule has 0 aliphatic carbocycles. The molecule has 3 heteroatoms. The molecule has 1 aromatic rings. The molecule has 1 aliphatic rings. The highest BCUT2D eigenvalue weighted by molar-refractivity contribution is 5.76. The minimum absolute atomic E-state index is 0.115. The van der Waals surface area contributed by atoms with Crippen LogP contribution >= 0.6 is 0 Å². The maximum atomic E-state index is 11.7. The van der Waals surface area contributed by atoms with Gasteiger partial charge in [-0.05, 0) is 31.4 Å². The largest absolute Gasteiger partial charge is 0.328 e. The van der Waals surface area contributed by atoms with Gasteiger partial charge in [0.05, 0.1) is 0 Å². The number of aromatic nitrogens is 1. The van der Waals surface area contributed by atoms with E-state index in [1.807, 2.05) is 17.0 Å². The van der Waals surface area contributed by atoms with Crippen LogP contribution < -0.4 is 0 Å². The summed E-state index contributed by atoms with van der Waals surface area (Å²) in [5, 5.41) is 0. The number of carbonyl (C=O) groups is 1. The lowest BCUT2D eigenvalue weighted by Gasteiger charge is -2.26. The van der Waals surface area contributed by atoms with Gasteiger partial charge in [0, 0.05) is 25.5 Å². The van der Waals surface area contributed by atoms with Crippen LogP contribution in [0.4, 0.5) is 4.79 Å². The summed E-state index contributed by atoms with van der Waals surface area (Å²) in [6.07, 6.45) is 7.16. The predicted octanol–water partition coefficient (Wildman–Crippen LogP) is 1.94. The Morgan fingerprint density at radius 3 is 2.23 bits per heavy atom. The first-order valence-electron chi connectivity index (χ1n) is 4.80. The highest BCUT2D eigenvalue weighted by atomic mass is 16.2. The Morgan fingerprint density at radius 1 is 1.00 bits per heavy atom. The third-order valence-electron chi connectivity index (χ3n) is 2.45. The molecule has 0 unspecified atom stereocenters. The lowest BCUT2D eigenvalue weighted by molar-refractivity contribution is 0.188. The second-order valence-corrected chi connectivity index (χ2v) is 3.42. The van der Waals surface area contributed by atoms with Crippen LogP contribution in [0.3, 0.4) is 0 Å². The van der Waals surface area contributed by atoms with Crippen LogP contribution in [0.15, 0.2) is 24.5 Å². The molecule has 0 aromatic carbocycles. The van der Waals surface area contributed by atoms with Crippen molar-refractivity contribution in [2.75, 3.05) is 13.1 Å². The Labute approximate surface area is 78.0 Å². The van der Waals surface area contributed by atoms with Crippen LogP contribution in [-0.4, -0.2) is 28.6 Å². The summed E-state index contributed by atoms with van der Waals surface area (Å²) < 4.78 is 1.64. The minimum atomic E-state index is 0.115. The van der Waals surface area contributed by atoms with E-state index in [4.69, 9.17) is 0 Å². The maximum Gasteiger partial charge on any atom is 0.328 e. The van der Waals surface area contributed by atoms with E-state index in [9.17, 15) is 4.79 Å². The van der Waals surface area contributed by atoms with Crippen LogP contribution in [0, 0.1) is 0 Å². The first kappa shape index (κ1) is 8.35. The van der Waals surface area contributed by atoms with Crippen molar-refractivity contribution >= 4 is 6.03 Å². The monoisotopic (exact) mass is 178 g/mol. The van der Waals surface area contributed by atoms with Crippen molar-refractivity contribution in [2.45, 2.75) is 19.3 Å². The van der Waals surface area contributed by atoms with Crippen LogP contribution in [-0.2, 0) is 0 Å². The average Bonchev–Trinajstić information content (AvgIpc) is 2.71.